The second kappa shape index (κ2) is 6.61. The van der Waals surface area contributed by atoms with Gasteiger partial charge >= 0.3 is 0 Å². The highest BCUT2D eigenvalue weighted by molar-refractivity contribution is 5.90. The van der Waals surface area contributed by atoms with Crippen LogP contribution in [0.5, 0.6) is 5.75 Å². The van der Waals surface area contributed by atoms with Crippen LogP contribution in [0.1, 0.15) is 25.8 Å². The van der Waals surface area contributed by atoms with Crippen molar-refractivity contribution in [2.75, 3.05) is 13.7 Å². The molecule has 114 valence electrons. The van der Waals surface area contributed by atoms with Crippen molar-refractivity contribution < 1.29 is 14.3 Å². The van der Waals surface area contributed by atoms with E-state index in [0.29, 0.717) is 13.0 Å². The van der Waals surface area contributed by atoms with Crippen LogP contribution in [0.2, 0.25) is 0 Å². The summed E-state index contributed by atoms with van der Waals surface area (Å²) in [6.07, 6.45) is 1.12. The monoisotopic (exact) mass is 290 g/mol. The summed E-state index contributed by atoms with van der Waals surface area (Å²) in [4.78, 5) is 25.7. The van der Waals surface area contributed by atoms with Crippen molar-refractivity contribution in [3.05, 3.63) is 29.8 Å². The average Bonchev–Trinajstić information content (AvgIpc) is 2.55. The highest BCUT2D eigenvalue weighted by atomic mass is 16.5. The molecule has 1 saturated heterocycles. The van der Waals surface area contributed by atoms with Crippen LogP contribution in [-0.4, -0.2) is 42.5 Å². The third-order valence-corrected chi connectivity index (χ3v) is 3.84. The molecule has 1 N–H and O–H groups in total. The molecule has 1 heterocycles. The number of rotatable bonds is 4. The molecule has 5 nitrogen and oxygen atoms in total. The molecule has 2 atom stereocenters. The number of hydrogen-bond donors (Lipinski definition) is 1. The fourth-order valence-electron chi connectivity index (χ4n) is 2.58. The third-order valence-electron chi connectivity index (χ3n) is 3.84. The van der Waals surface area contributed by atoms with Gasteiger partial charge in [-0.2, -0.15) is 0 Å². The summed E-state index contributed by atoms with van der Waals surface area (Å²) in [5.41, 5.74) is 1.15. The first-order chi connectivity index (χ1) is 10.0. The second-order valence-corrected chi connectivity index (χ2v) is 5.47. The van der Waals surface area contributed by atoms with E-state index in [1.54, 1.807) is 18.9 Å². The van der Waals surface area contributed by atoms with Gasteiger partial charge in [0.05, 0.1) is 7.11 Å². The number of methoxy groups -OCH3 is 1. The van der Waals surface area contributed by atoms with E-state index in [9.17, 15) is 9.59 Å². The van der Waals surface area contributed by atoms with Crippen molar-refractivity contribution in [1.29, 1.82) is 0 Å². The number of nitrogens with zero attached hydrogens (tertiary/aromatic N) is 1. The van der Waals surface area contributed by atoms with Gasteiger partial charge in [-0.15, -0.1) is 0 Å². The van der Waals surface area contributed by atoms with Gasteiger partial charge in [0.2, 0.25) is 11.8 Å². The fraction of sp³-hybridized carbons (Fsp3) is 0.500. The van der Waals surface area contributed by atoms with Gasteiger partial charge in [0.25, 0.3) is 0 Å². The maximum absolute atomic E-state index is 12.3. The SMILES string of the molecule is COc1ccc(CCN2C(=O)C(C)NC(=O)CC2C)cc1. The highest BCUT2D eigenvalue weighted by Crippen LogP contribution is 2.15. The first-order valence-electron chi connectivity index (χ1n) is 7.24. The molecule has 0 radical (unpaired) electrons. The van der Waals surface area contributed by atoms with Gasteiger partial charge in [-0.05, 0) is 38.0 Å². The van der Waals surface area contributed by atoms with E-state index >= 15 is 0 Å². The van der Waals surface area contributed by atoms with Crippen molar-refractivity contribution in [2.24, 2.45) is 0 Å². The van der Waals surface area contributed by atoms with E-state index in [0.717, 1.165) is 17.7 Å². The molecule has 1 fully saturated rings. The Morgan fingerprint density at radius 1 is 1.24 bits per heavy atom. The molecule has 2 rings (SSSR count). The largest absolute Gasteiger partial charge is 0.497 e. The second-order valence-electron chi connectivity index (χ2n) is 5.47. The number of benzene rings is 1. The number of carbonyl (C=O) groups excluding carboxylic acids is 2. The Morgan fingerprint density at radius 2 is 1.90 bits per heavy atom. The Kier molecular flexibility index (Phi) is 4.83. The molecule has 0 aliphatic carbocycles. The van der Waals surface area contributed by atoms with Crippen molar-refractivity contribution in [3.8, 4) is 5.75 Å². The van der Waals surface area contributed by atoms with Crippen LogP contribution in [0.3, 0.4) is 0 Å². The lowest BCUT2D eigenvalue weighted by atomic mass is 10.1. The van der Waals surface area contributed by atoms with Crippen molar-refractivity contribution in [2.45, 2.75) is 38.8 Å². The topological polar surface area (TPSA) is 58.6 Å². The zero-order chi connectivity index (χ0) is 15.4. The molecule has 0 aromatic heterocycles. The van der Waals surface area contributed by atoms with Gasteiger partial charge in [0, 0.05) is 19.0 Å². The minimum Gasteiger partial charge on any atom is -0.497 e. The molecule has 2 amide bonds. The lowest BCUT2D eigenvalue weighted by Crippen LogP contribution is -2.45. The van der Waals surface area contributed by atoms with Crippen molar-refractivity contribution >= 4 is 11.8 Å². The average molecular weight is 290 g/mol. The van der Waals surface area contributed by atoms with Gasteiger partial charge in [-0.1, -0.05) is 12.1 Å². The lowest BCUT2D eigenvalue weighted by Gasteiger charge is -2.27. The van der Waals surface area contributed by atoms with Crippen LogP contribution >= 0.6 is 0 Å². The Labute approximate surface area is 125 Å². The molecule has 5 heteroatoms. The first-order valence-corrected chi connectivity index (χ1v) is 7.24. The van der Waals surface area contributed by atoms with Crippen LogP contribution in [-0.2, 0) is 16.0 Å². The standard InChI is InChI=1S/C16H22N2O3/c1-11-10-15(19)17-12(2)16(20)18(11)9-8-13-4-6-14(21-3)7-5-13/h4-7,11-12H,8-10H2,1-3H3,(H,17,19). The zero-order valence-electron chi connectivity index (χ0n) is 12.8. The van der Waals surface area contributed by atoms with E-state index < -0.39 is 6.04 Å². The lowest BCUT2D eigenvalue weighted by molar-refractivity contribution is -0.134. The van der Waals surface area contributed by atoms with Gasteiger partial charge in [0.15, 0.2) is 0 Å². The summed E-state index contributed by atoms with van der Waals surface area (Å²) in [5.74, 6) is 0.749. The number of carbonyl (C=O) groups is 2. The predicted molar refractivity (Wildman–Crippen MR) is 80.1 cm³/mol. The van der Waals surface area contributed by atoms with E-state index in [2.05, 4.69) is 5.32 Å². The molecule has 21 heavy (non-hydrogen) atoms. The Morgan fingerprint density at radius 3 is 2.52 bits per heavy atom. The van der Waals surface area contributed by atoms with E-state index in [1.807, 2.05) is 31.2 Å². The van der Waals surface area contributed by atoms with Crippen LogP contribution in [0, 0.1) is 0 Å². The molecule has 1 aliphatic rings. The van der Waals surface area contributed by atoms with Crippen LogP contribution in [0.15, 0.2) is 24.3 Å². The van der Waals surface area contributed by atoms with E-state index in [4.69, 9.17) is 4.74 Å². The summed E-state index contributed by atoms with van der Waals surface area (Å²) < 4.78 is 5.13. The van der Waals surface area contributed by atoms with Crippen molar-refractivity contribution in [1.82, 2.24) is 10.2 Å². The Balaban J connectivity index is 2.02. The normalized spacial score (nSPS) is 22.7. The summed E-state index contributed by atoms with van der Waals surface area (Å²) in [5, 5.41) is 2.72. The van der Waals surface area contributed by atoms with Crippen LogP contribution < -0.4 is 10.1 Å². The number of nitrogens with one attached hydrogen (secondary N) is 1. The van der Waals surface area contributed by atoms with Gasteiger partial charge in [-0.25, -0.2) is 0 Å². The quantitative estimate of drug-likeness (QED) is 0.911. The zero-order valence-corrected chi connectivity index (χ0v) is 12.8. The minimum absolute atomic E-state index is 0.0122. The van der Waals surface area contributed by atoms with Gasteiger partial charge < -0.3 is 15.0 Å². The molecule has 2 unspecified atom stereocenters. The van der Waals surface area contributed by atoms with Crippen molar-refractivity contribution in [3.63, 3.8) is 0 Å². The summed E-state index contributed by atoms with van der Waals surface area (Å²) >= 11 is 0. The molecular formula is C16H22N2O3. The molecule has 1 aromatic rings. The Hall–Kier alpha value is -2.04. The molecule has 0 bridgehead atoms. The van der Waals surface area contributed by atoms with Crippen LogP contribution in [0.4, 0.5) is 0 Å². The minimum atomic E-state index is -0.446. The summed E-state index contributed by atoms with van der Waals surface area (Å²) in [6, 6.07) is 7.31. The van der Waals surface area contributed by atoms with E-state index in [-0.39, 0.29) is 17.9 Å². The van der Waals surface area contributed by atoms with Gasteiger partial charge in [-0.3, -0.25) is 9.59 Å². The Bertz CT molecular complexity index is 513. The summed E-state index contributed by atoms with van der Waals surface area (Å²) in [6.45, 7) is 4.27. The van der Waals surface area contributed by atoms with Crippen LogP contribution in [0.25, 0.3) is 0 Å². The molecular weight excluding hydrogens is 268 g/mol. The molecule has 1 aromatic carbocycles. The first kappa shape index (κ1) is 15.4. The maximum Gasteiger partial charge on any atom is 0.245 e. The smallest absolute Gasteiger partial charge is 0.245 e. The van der Waals surface area contributed by atoms with E-state index in [1.165, 1.54) is 0 Å². The third kappa shape index (κ3) is 3.74. The molecule has 0 saturated carbocycles. The number of hydrogen-bond acceptors (Lipinski definition) is 3. The maximum atomic E-state index is 12.3. The summed E-state index contributed by atoms with van der Waals surface area (Å²) in [7, 11) is 1.64. The number of ether oxygens (including phenoxy) is 1. The predicted octanol–water partition coefficient (Wildman–Crippen LogP) is 1.36. The van der Waals surface area contributed by atoms with Gasteiger partial charge in [0.1, 0.15) is 11.8 Å². The molecule has 1 aliphatic heterocycles. The number of amides is 2. The molecule has 0 spiro atoms. The fourth-order valence-corrected chi connectivity index (χ4v) is 2.58. The highest BCUT2D eigenvalue weighted by Gasteiger charge is 2.30.